The normalized spacial score (nSPS) is 18.1. The van der Waals surface area contributed by atoms with Crippen LogP contribution >= 0.6 is 0 Å². The molecule has 4 rings (SSSR count). The molecular weight excluding hydrogens is 338 g/mol. The molecule has 2 aromatic heterocycles. The number of aryl methyl sites for hydroxylation is 1. The Morgan fingerprint density at radius 1 is 1.22 bits per heavy atom. The van der Waals surface area contributed by atoms with Gasteiger partial charge in [0.25, 0.3) is 5.91 Å². The van der Waals surface area contributed by atoms with Gasteiger partial charge in [-0.2, -0.15) is 10.2 Å². The van der Waals surface area contributed by atoms with Gasteiger partial charge in [0.1, 0.15) is 0 Å². The van der Waals surface area contributed by atoms with Crippen LogP contribution in [0.15, 0.2) is 48.9 Å². The van der Waals surface area contributed by atoms with E-state index in [9.17, 15) is 4.79 Å². The molecule has 6 nitrogen and oxygen atoms in total. The Hall–Kier alpha value is -2.89. The van der Waals surface area contributed by atoms with Crippen molar-refractivity contribution in [3.63, 3.8) is 0 Å². The van der Waals surface area contributed by atoms with E-state index in [0.29, 0.717) is 5.56 Å². The molecule has 2 heterocycles. The first-order valence-electron chi connectivity index (χ1n) is 9.42. The fraction of sp³-hybridized carbons (Fsp3) is 0.381. The van der Waals surface area contributed by atoms with Gasteiger partial charge in [-0.1, -0.05) is 32.0 Å². The van der Waals surface area contributed by atoms with Crippen molar-refractivity contribution in [2.24, 2.45) is 5.41 Å². The Labute approximate surface area is 159 Å². The number of para-hydroxylation sites is 1. The van der Waals surface area contributed by atoms with Crippen LogP contribution in [0.3, 0.4) is 0 Å². The lowest BCUT2D eigenvalue weighted by atomic mass is 9.74. The third-order valence-electron chi connectivity index (χ3n) is 5.20. The Morgan fingerprint density at radius 2 is 2.00 bits per heavy atom. The summed E-state index contributed by atoms with van der Waals surface area (Å²) in [5, 5.41) is 12.0. The summed E-state index contributed by atoms with van der Waals surface area (Å²) < 4.78 is 3.77. The highest BCUT2D eigenvalue weighted by Gasteiger charge is 2.36. The van der Waals surface area contributed by atoms with Gasteiger partial charge in [-0.05, 0) is 37.3 Å². The van der Waals surface area contributed by atoms with Crippen molar-refractivity contribution in [1.29, 1.82) is 0 Å². The first-order chi connectivity index (χ1) is 13.0. The summed E-state index contributed by atoms with van der Waals surface area (Å²) in [7, 11) is 0. The predicted molar refractivity (Wildman–Crippen MR) is 104 cm³/mol. The maximum Gasteiger partial charge on any atom is 0.254 e. The summed E-state index contributed by atoms with van der Waals surface area (Å²) in [6.07, 6.45) is 7.13. The number of carbonyl (C=O) groups is 1. The van der Waals surface area contributed by atoms with Crippen LogP contribution in [0, 0.1) is 5.41 Å². The second-order valence-electron chi connectivity index (χ2n) is 7.95. The third-order valence-corrected chi connectivity index (χ3v) is 5.20. The van der Waals surface area contributed by atoms with Gasteiger partial charge in [0.15, 0.2) is 0 Å². The highest BCUT2D eigenvalue weighted by atomic mass is 16.1. The quantitative estimate of drug-likeness (QED) is 0.771. The summed E-state index contributed by atoms with van der Waals surface area (Å²) >= 11 is 0. The molecule has 0 aliphatic heterocycles. The fourth-order valence-corrected chi connectivity index (χ4v) is 3.86. The topological polar surface area (TPSA) is 64.7 Å². The third kappa shape index (κ3) is 3.39. The molecule has 0 unspecified atom stereocenters. The Morgan fingerprint density at radius 3 is 2.70 bits per heavy atom. The molecule has 1 aliphatic rings. The van der Waals surface area contributed by atoms with Crippen LogP contribution in [0.1, 0.15) is 54.8 Å². The smallest absolute Gasteiger partial charge is 0.254 e. The van der Waals surface area contributed by atoms with E-state index < -0.39 is 0 Å². The largest absolute Gasteiger partial charge is 0.345 e. The van der Waals surface area contributed by atoms with Crippen LogP contribution in [0.2, 0.25) is 0 Å². The minimum absolute atomic E-state index is 0.0568. The lowest BCUT2D eigenvalue weighted by Gasteiger charge is -2.35. The number of benzene rings is 1. The molecule has 1 N–H and O–H groups in total. The van der Waals surface area contributed by atoms with Crippen molar-refractivity contribution in [2.75, 3.05) is 0 Å². The van der Waals surface area contributed by atoms with Crippen LogP contribution in [0.25, 0.3) is 5.69 Å². The molecule has 1 aromatic carbocycles. The molecule has 0 saturated heterocycles. The Balaban J connectivity index is 1.65. The predicted octanol–water partition coefficient (Wildman–Crippen LogP) is 3.53. The molecule has 0 bridgehead atoms. The average molecular weight is 363 g/mol. The van der Waals surface area contributed by atoms with Crippen LogP contribution in [-0.2, 0) is 13.0 Å². The average Bonchev–Trinajstić information content (AvgIpc) is 3.28. The molecule has 6 heteroatoms. The number of nitrogens with zero attached hydrogens (tertiary/aromatic N) is 4. The van der Waals surface area contributed by atoms with Gasteiger partial charge in [0.2, 0.25) is 0 Å². The summed E-state index contributed by atoms with van der Waals surface area (Å²) in [5.41, 5.74) is 4.00. The molecule has 0 radical (unpaired) electrons. The van der Waals surface area contributed by atoms with Crippen LogP contribution < -0.4 is 5.32 Å². The molecule has 0 fully saturated rings. The van der Waals surface area contributed by atoms with E-state index in [4.69, 9.17) is 0 Å². The maximum absolute atomic E-state index is 12.7. The molecule has 0 saturated carbocycles. The first-order valence-corrected chi connectivity index (χ1v) is 9.42. The van der Waals surface area contributed by atoms with E-state index in [-0.39, 0.29) is 17.4 Å². The zero-order chi connectivity index (χ0) is 19.0. The highest BCUT2D eigenvalue weighted by Crippen LogP contribution is 2.41. The van der Waals surface area contributed by atoms with E-state index in [0.717, 1.165) is 30.6 Å². The molecule has 1 amide bonds. The van der Waals surface area contributed by atoms with Gasteiger partial charge in [-0.25, -0.2) is 4.68 Å². The van der Waals surface area contributed by atoms with E-state index in [1.165, 1.54) is 5.69 Å². The van der Waals surface area contributed by atoms with Crippen molar-refractivity contribution in [3.05, 3.63) is 65.7 Å². The summed E-state index contributed by atoms with van der Waals surface area (Å²) in [5.74, 6) is -0.0872. The number of rotatable bonds is 4. The standard InChI is InChI=1S/C21H25N5O/c1-4-25-14-15(12-22-25)20(27)24-18-10-21(2,3)11-19-17(18)13-23-26(19)16-8-6-5-7-9-16/h5-9,12-14,18H,4,10-11H2,1-3H3,(H,24,27)/t18-/m0/s1. The Kier molecular flexibility index (Phi) is 4.34. The lowest BCUT2D eigenvalue weighted by Crippen LogP contribution is -2.36. The number of hydrogen-bond acceptors (Lipinski definition) is 3. The van der Waals surface area contributed by atoms with Crippen molar-refractivity contribution in [3.8, 4) is 5.69 Å². The van der Waals surface area contributed by atoms with Crippen LogP contribution in [0.4, 0.5) is 0 Å². The fourth-order valence-electron chi connectivity index (χ4n) is 3.86. The zero-order valence-corrected chi connectivity index (χ0v) is 16.0. The molecule has 1 aliphatic carbocycles. The highest BCUT2D eigenvalue weighted by molar-refractivity contribution is 5.94. The molecule has 0 spiro atoms. The van der Waals surface area contributed by atoms with Crippen LogP contribution in [-0.4, -0.2) is 25.5 Å². The van der Waals surface area contributed by atoms with Crippen molar-refractivity contribution in [2.45, 2.75) is 46.2 Å². The zero-order valence-electron chi connectivity index (χ0n) is 16.0. The van der Waals surface area contributed by atoms with Gasteiger partial charge in [-0.3, -0.25) is 9.48 Å². The van der Waals surface area contributed by atoms with Crippen molar-refractivity contribution < 1.29 is 4.79 Å². The monoisotopic (exact) mass is 363 g/mol. The second-order valence-corrected chi connectivity index (χ2v) is 7.95. The SMILES string of the molecule is CCn1cc(C(=O)N[C@H]2CC(C)(C)Cc3c2cnn3-c2ccccc2)cn1. The number of carbonyl (C=O) groups excluding carboxylic acids is 1. The second kappa shape index (κ2) is 6.68. The number of nitrogens with one attached hydrogen (secondary N) is 1. The number of aromatic nitrogens is 4. The maximum atomic E-state index is 12.7. The summed E-state index contributed by atoms with van der Waals surface area (Å²) in [6.45, 7) is 7.24. The van der Waals surface area contributed by atoms with Crippen molar-refractivity contribution in [1.82, 2.24) is 24.9 Å². The Bertz CT molecular complexity index is 954. The van der Waals surface area contributed by atoms with E-state index in [1.54, 1.807) is 17.1 Å². The van der Waals surface area contributed by atoms with Gasteiger partial charge in [0.05, 0.1) is 35.4 Å². The summed E-state index contributed by atoms with van der Waals surface area (Å²) in [4.78, 5) is 12.7. The molecule has 27 heavy (non-hydrogen) atoms. The van der Waals surface area contributed by atoms with Gasteiger partial charge in [-0.15, -0.1) is 0 Å². The summed E-state index contributed by atoms with van der Waals surface area (Å²) in [6, 6.07) is 10.1. The van der Waals surface area contributed by atoms with Gasteiger partial charge >= 0.3 is 0 Å². The minimum Gasteiger partial charge on any atom is -0.345 e. The van der Waals surface area contributed by atoms with E-state index in [1.807, 2.05) is 36.0 Å². The number of hydrogen-bond donors (Lipinski definition) is 1. The van der Waals surface area contributed by atoms with Crippen LogP contribution in [0.5, 0.6) is 0 Å². The molecule has 1 atom stereocenters. The van der Waals surface area contributed by atoms with E-state index in [2.05, 4.69) is 41.5 Å². The number of amides is 1. The van der Waals surface area contributed by atoms with Gasteiger partial charge in [0, 0.05) is 18.3 Å². The number of fused-ring (bicyclic) bond motifs is 1. The molecule has 140 valence electrons. The van der Waals surface area contributed by atoms with Gasteiger partial charge < -0.3 is 5.32 Å². The first kappa shape index (κ1) is 17.5. The molecular formula is C21H25N5O. The lowest BCUT2D eigenvalue weighted by molar-refractivity contribution is 0.0919. The van der Waals surface area contributed by atoms with E-state index >= 15 is 0 Å². The van der Waals surface area contributed by atoms with Crippen molar-refractivity contribution >= 4 is 5.91 Å². The molecule has 3 aromatic rings. The minimum atomic E-state index is -0.0872.